The number of anilines is 1. The highest BCUT2D eigenvalue weighted by Crippen LogP contribution is 2.21. The van der Waals surface area contributed by atoms with E-state index in [-0.39, 0.29) is 11.8 Å². The first-order valence-electron chi connectivity index (χ1n) is 7.15. The van der Waals surface area contributed by atoms with E-state index in [1.54, 1.807) is 17.2 Å². The highest BCUT2D eigenvalue weighted by molar-refractivity contribution is 6.05. The van der Waals surface area contributed by atoms with Crippen molar-refractivity contribution in [2.24, 2.45) is 0 Å². The molecule has 112 valence electrons. The van der Waals surface area contributed by atoms with Crippen LogP contribution < -0.4 is 10.2 Å². The molecule has 0 bridgehead atoms. The van der Waals surface area contributed by atoms with Crippen molar-refractivity contribution in [3.63, 3.8) is 0 Å². The fourth-order valence-electron chi connectivity index (χ4n) is 2.35. The summed E-state index contributed by atoms with van der Waals surface area (Å²) in [5.41, 5.74) is 1.68. The van der Waals surface area contributed by atoms with Crippen molar-refractivity contribution < 1.29 is 9.59 Å². The molecule has 0 aliphatic carbocycles. The van der Waals surface area contributed by atoms with Gasteiger partial charge >= 0.3 is 0 Å². The lowest BCUT2D eigenvalue weighted by atomic mass is 10.1. The predicted octanol–water partition coefficient (Wildman–Crippen LogP) is 0.941. The molecule has 1 fully saturated rings. The van der Waals surface area contributed by atoms with Gasteiger partial charge in [0.15, 0.2) is 0 Å². The van der Waals surface area contributed by atoms with Crippen LogP contribution in [0.25, 0.3) is 0 Å². The summed E-state index contributed by atoms with van der Waals surface area (Å²) in [6, 6.07) is 10.8. The van der Waals surface area contributed by atoms with E-state index in [0.717, 1.165) is 11.4 Å². The topological polar surface area (TPSA) is 75.2 Å². The maximum atomic E-state index is 12.1. The number of nitrogens with one attached hydrogen (secondary N) is 1. The Balaban J connectivity index is 1.47. The highest BCUT2D eigenvalue weighted by Gasteiger charge is 2.38. The van der Waals surface area contributed by atoms with Crippen LogP contribution in [0.1, 0.15) is 12.1 Å². The molecule has 1 N–H and O–H groups in total. The normalized spacial score (nSPS) is 17.0. The number of aromatic nitrogens is 2. The zero-order valence-electron chi connectivity index (χ0n) is 12.0. The van der Waals surface area contributed by atoms with Crippen LogP contribution in [0.3, 0.4) is 0 Å². The van der Waals surface area contributed by atoms with Crippen LogP contribution >= 0.6 is 0 Å². The van der Waals surface area contributed by atoms with Crippen molar-refractivity contribution in [1.82, 2.24) is 15.3 Å². The summed E-state index contributed by atoms with van der Waals surface area (Å²) in [5.74, 6) is -0.203. The van der Waals surface area contributed by atoms with E-state index < -0.39 is 6.04 Å². The van der Waals surface area contributed by atoms with Crippen molar-refractivity contribution in [3.05, 3.63) is 54.6 Å². The van der Waals surface area contributed by atoms with Crippen LogP contribution in [-0.4, -0.2) is 34.4 Å². The molecule has 1 aliphatic rings. The van der Waals surface area contributed by atoms with Crippen LogP contribution in [0.2, 0.25) is 0 Å². The summed E-state index contributed by atoms with van der Waals surface area (Å²) >= 11 is 0. The molecule has 6 nitrogen and oxygen atoms in total. The minimum atomic E-state index is -0.418. The van der Waals surface area contributed by atoms with Crippen molar-refractivity contribution in [3.8, 4) is 0 Å². The van der Waals surface area contributed by atoms with E-state index in [4.69, 9.17) is 0 Å². The van der Waals surface area contributed by atoms with E-state index in [0.29, 0.717) is 19.4 Å². The Hall–Kier alpha value is -2.76. The molecular weight excluding hydrogens is 280 g/mol. The Bertz CT molecular complexity index is 660. The second-order valence-corrected chi connectivity index (χ2v) is 5.11. The number of para-hydroxylation sites is 1. The van der Waals surface area contributed by atoms with Gasteiger partial charge in [-0.05, 0) is 24.6 Å². The number of β-lactam (4-membered cyclic amide) rings is 1. The predicted molar refractivity (Wildman–Crippen MR) is 81.1 cm³/mol. The minimum Gasteiger partial charge on any atom is -0.343 e. The van der Waals surface area contributed by atoms with Gasteiger partial charge in [-0.1, -0.05) is 18.2 Å². The maximum Gasteiger partial charge on any atom is 0.251 e. The number of nitrogens with zero attached hydrogens (tertiary/aromatic N) is 3. The molecule has 22 heavy (non-hydrogen) atoms. The SMILES string of the molecule is O=C(CCc1ccncn1)N[C@H]1CN(c2ccccc2)C1=O. The molecular formula is C16H16N4O2. The van der Waals surface area contributed by atoms with Gasteiger partial charge in [-0.2, -0.15) is 0 Å². The fourth-order valence-corrected chi connectivity index (χ4v) is 2.35. The van der Waals surface area contributed by atoms with Crippen LogP contribution in [0.4, 0.5) is 5.69 Å². The molecule has 0 spiro atoms. The average Bonchev–Trinajstić information content (AvgIpc) is 2.57. The number of hydrogen-bond donors (Lipinski definition) is 1. The molecule has 1 aromatic carbocycles. The van der Waals surface area contributed by atoms with E-state index in [1.807, 2.05) is 30.3 Å². The molecule has 2 heterocycles. The molecule has 6 heteroatoms. The van der Waals surface area contributed by atoms with Crippen molar-refractivity contribution in [2.75, 3.05) is 11.4 Å². The summed E-state index contributed by atoms with van der Waals surface area (Å²) < 4.78 is 0. The summed E-state index contributed by atoms with van der Waals surface area (Å²) in [6.07, 6.45) is 3.96. The van der Waals surface area contributed by atoms with E-state index in [1.165, 1.54) is 6.33 Å². The minimum absolute atomic E-state index is 0.0680. The molecule has 2 aromatic rings. The number of hydrogen-bond acceptors (Lipinski definition) is 4. The van der Waals surface area contributed by atoms with E-state index in [2.05, 4.69) is 15.3 Å². The third-order valence-corrected chi connectivity index (χ3v) is 3.58. The number of amides is 2. The second-order valence-electron chi connectivity index (χ2n) is 5.11. The maximum absolute atomic E-state index is 12.1. The Labute approximate surface area is 128 Å². The zero-order chi connectivity index (χ0) is 15.4. The summed E-state index contributed by atoms with van der Waals surface area (Å²) in [6.45, 7) is 0.516. The van der Waals surface area contributed by atoms with Gasteiger partial charge in [0.2, 0.25) is 5.91 Å². The largest absolute Gasteiger partial charge is 0.343 e. The van der Waals surface area contributed by atoms with Crippen LogP contribution in [-0.2, 0) is 16.0 Å². The fraction of sp³-hybridized carbons (Fsp3) is 0.250. The molecule has 1 saturated heterocycles. The van der Waals surface area contributed by atoms with Gasteiger partial charge < -0.3 is 10.2 Å². The van der Waals surface area contributed by atoms with Gasteiger partial charge in [0.25, 0.3) is 5.91 Å². The quantitative estimate of drug-likeness (QED) is 0.833. The molecule has 1 aromatic heterocycles. The smallest absolute Gasteiger partial charge is 0.251 e. The molecule has 3 rings (SSSR count). The monoisotopic (exact) mass is 296 g/mol. The van der Waals surface area contributed by atoms with Crippen molar-refractivity contribution in [2.45, 2.75) is 18.9 Å². The third-order valence-electron chi connectivity index (χ3n) is 3.58. The first-order chi connectivity index (χ1) is 10.7. The molecule has 0 radical (unpaired) electrons. The Morgan fingerprint density at radius 3 is 2.77 bits per heavy atom. The number of benzene rings is 1. The van der Waals surface area contributed by atoms with Gasteiger partial charge in [-0.25, -0.2) is 9.97 Å². The van der Waals surface area contributed by atoms with Crippen LogP contribution in [0.5, 0.6) is 0 Å². The van der Waals surface area contributed by atoms with Gasteiger partial charge in [0, 0.05) is 24.0 Å². The number of carbonyl (C=O) groups excluding carboxylic acids is 2. The average molecular weight is 296 g/mol. The number of carbonyl (C=O) groups is 2. The number of aryl methyl sites for hydroxylation is 1. The highest BCUT2D eigenvalue weighted by atomic mass is 16.2. The third kappa shape index (κ3) is 3.11. The van der Waals surface area contributed by atoms with Crippen LogP contribution in [0, 0.1) is 0 Å². The van der Waals surface area contributed by atoms with E-state index in [9.17, 15) is 9.59 Å². The Morgan fingerprint density at radius 1 is 1.27 bits per heavy atom. The Morgan fingerprint density at radius 2 is 2.09 bits per heavy atom. The lowest BCUT2D eigenvalue weighted by molar-refractivity contribution is -0.130. The zero-order valence-corrected chi connectivity index (χ0v) is 12.0. The summed E-state index contributed by atoms with van der Waals surface area (Å²) in [4.78, 5) is 33.5. The summed E-state index contributed by atoms with van der Waals surface area (Å²) in [7, 11) is 0. The van der Waals surface area contributed by atoms with Crippen molar-refractivity contribution >= 4 is 17.5 Å². The van der Waals surface area contributed by atoms with E-state index >= 15 is 0 Å². The number of rotatable bonds is 5. The van der Waals surface area contributed by atoms with Gasteiger partial charge in [-0.3, -0.25) is 9.59 Å². The van der Waals surface area contributed by atoms with Gasteiger partial charge in [-0.15, -0.1) is 0 Å². The lowest BCUT2D eigenvalue weighted by Gasteiger charge is -2.38. The second kappa shape index (κ2) is 6.34. The van der Waals surface area contributed by atoms with Gasteiger partial charge in [0.05, 0.1) is 6.54 Å². The molecule has 0 unspecified atom stereocenters. The molecule has 1 atom stereocenters. The Kier molecular flexibility index (Phi) is 4.09. The molecule has 2 amide bonds. The standard InChI is InChI=1S/C16H16N4O2/c21-15(7-6-12-8-9-17-11-18-12)19-14-10-20(16(14)22)13-4-2-1-3-5-13/h1-5,8-9,11,14H,6-7,10H2,(H,19,21)/t14-/m0/s1. The lowest BCUT2D eigenvalue weighted by Crippen LogP contribution is -2.64. The van der Waals surface area contributed by atoms with Gasteiger partial charge in [0.1, 0.15) is 12.4 Å². The van der Waals surface area contributed by atoms with Crippen molar-refractivity contribution in [1.29, 1.82) is 0 Å². The first-order valence-corrected chi connectivity index (χ1v) is 7.15. The first kappa shape index (κ1) is 14.2. The van der Waals surface area contributed by atoms with Crippen LogP contribution in [0.15, 0.2) is 48.9 Å². The molecule has 0 saturated carbocycles. The molecule has 1 aliphatic heterocycles. The summed E-state index contributed by atoms with van der Waals surface area (Å²) in [5, 5.41) is 2.76.